The van der Waals surface area contributed by atoms with Crippen LogP contribution in [0.15, 0.2) is 0 Å². The van der Waals surface area contributed by atoms with Crippen LogP contribution >= 0.6 is 15.6 Å². The molecule has 0 aromatic rings. The zero-order valence-electron chi connectivity index (χ0n) is 51.7. The molecular formula is C61H118O17P2. The lowest BCUT2D eigenvalue weighted by Crippen LogP contribution is -2.30. The molecule has 0 heterocycles. The Morgan fingerprint density at radius 2 is 0.600 bits per heavy atom. The summed E-state index contributed by atoms with van der Waals surface area (Å²) in [4.78, 5) is 72.0. The maximum Gasteiger partial charge on any atom is 0.472 e. The van der Waals surface area contributed by atoms with Gasteiger partial charge in [0.25, 0.3) is 0 Å². The van der Waals surface area contributed by atoms with Crippen LogP contribution < -0.4 is 0 Å². The lowest BCUT2D eigenvalue weighted by molar-refractivity contribution is -0.161. The van der Waals surface area contributed by atoms with Crippen molar-refractivity contribution in [3.63, 3.8) is 0 Å². The van der Waals surface area contributed by atoms with E-state index in [-0.39, 0.29) is 25.7 Å². The summed E-state index contributed by atoms with van der Waals surface area (Å²) < 4.78 is 67.8. The molecule has 0 aromatic carbocycles. The number of carbonyl (C=O) groups is 4. The third-order valence-electron chi connectivity index (χ3n) is 14.2. The second-order valence-electron chi connectivity index (χ2n) is 23.8. The molecule has 3 N–H and O–H groups in total. The van der Waals surface area contributed by atoms with Crippen molar-refractivity contribution in [2.75, 3.05) is 39.6 Å². The van der Waals surface area contributed by atoms with Gasteiger partial charge in [0, 0.05) is 25.7 Å². The topological polar surface area (TPSA) is 237 Å². The fraction of sp³-hybridized carbons (Fsp3) is 0.934. The first-order valence-electron chi connectivity index (χ1n) is 31.7. The average Bonchev–Trinajstić information content (AvgIpc) is 3.40. The largest absolute Gasteiger partial charge is 0.472 e. The van der Waals surface area contributed by atoms with Crippen molar-refractivity contribution in [3.05, 3.63) is 0 Å². The highest BCUT2D eigenvalue weighted by molar-refractivity contribution is 7.47. The molecular weight excluding hydrogens is 1070 g/mol. The first kappa shape index (κ1) is 78.1. The van der Waals surface area contributed by atoms with Crippen molar-refractivity contribution < 1.29 is 80.2 Å². The molecule has 0 fully saturated rings. The predicted molar refractivity (Wildman–Crippen MR) is 317 cm³/mol. The standard InChI is InChI=1S/C61H118O17P2/c1-9-54(8)40-32-24-18-20-26-34-42-59(64)72-48-57(78-61(66)44-36-28-19-17-23-31-39-53(6)7)50-76-80(69,70)74-46-55(62)45-73-79(67,68)75-49-56(47-71-58(63)41-33-25-16-12-14-22-30-38-52(4)5)77-60(65)43-35-27-15-11-10-13-21-29-37-51(2)3/h51-57,62H,9-50H2,1-8H3,(H,67,68)(H,69,70)/t54?,55?,56-,57-/m1/s1. The number of phosphoric ester groups is 2. The number of esters is 4. The van der Waals surface area contributed by atoms with Gasteiger partial charge in [-0.15, -0.1) is 0 Å². The maximum absolute atomic E-state index is 12.9. The van der Waals surface area contributed by atoms with Gasteiger partial charge in [0.05, 0.1) is 26.4 Å². The number of unbranched alkanes of at least 4 members (excludes halogenated alkanes) is 23. The lowest BCUT2D eigenvalue weighted by Gasteiger charge is -2.21. The first-order chi connectivity index (χ1) is 38.1. The van der Waals surface area contributed by atoms with Crippen LogP contribution in [-0.4, -0.2) is 96.7 Å². The maximum atomic E-state index is 12.9. The van der Waals surface area contributed by atoms with E-state index in [0.717, 1.165) is 115 Å². The van der Waals surface area contributed by atoms with Gasteiger partial charge in [-0.05, 0) is 49.4 Å². The van der Waals surface area contributed by atoms with Crippen LogP contribution in [0.2, 0.25) is 0 Å². The van der Waals surface area contributed by atoms with Crippen LogP contribution in [0.3, 0.4) is 0 Å². The van der Waals surface area contributed by atoms with Crippen molar-refractivity contribution in [1.29, 1.82) is 0 Å². The van der Waals surface area contributed by atoms with E-state index in [1.165, 1.54) is 77.0 Å². The number of aliphatic hydroxyl groups excluding tert-OH is 1. The van der Waals surface area contributed by atoms with Crippen molar-refractivity contribution in [3.8, 4) is 0 Å². The van der Waals surface area contributed by atoms with Gasteiger partial charge < -0.3 is 33.8 Å². The Morgan fingerprint density at radius 1 is 0.350 bits per heavy atom. The summed E-state index contributed by atoms with van der Waals surface area (Å²) in [5, 5.41) is 10.5. The van der Waals surface area contributed by atoms with Crippen LogP contribution in [0.4, 0.5) is 0 Å². The van der Waals surface area contributed by atoms with Crippen LogP contribution in [0.25, 0.3) is 0 Å². The van der Waals surface area contributed by atoms with Crippen LogP contribution in [0, 0.1) is 23.7 Å². The van der Waals surface area contributed by atoms with Gasteiger partial charge >= 0.3 is 39.5 Å². The molecule has 0 aliphatic carbocycles. The fourth-order valence-corrected chi connectivity index (χ4v) is 10.4. The molecule has 0 saturated heterocycles. The van der Waals surface area contributed by atoms with Gasteiger partial charge in [-0.1, -0.05) is 235 Å². The smallest absolute Gasteiger partial charge is 0.462 e. The molecule has 19 heteroatoms. The van der Waals surface area contributed by atoms with Crippen molar-refractivity contribution in [2.45, 2.75) is 305 Å². The Kier molecular flexibility index (Phi) is 50.2. The van der Waals surface area contributed by atoms with E-state index in [1.54, 1.807) is 0 Å². The number of ether oxygens (including phenoxy) is 4. The molecule has 6 atom stereocenters. The Hall–Kier alpha value is -1.94. The van der Waals surface area contributed by atoms with Crippen LogP contribution in [0.1, 0.15) is 287 Å². The molecule has 0 amide bonds. The summed E-state index contributed by atoms with van der Waals surface area (Å²) in [6, 6.07) is 0. The van der Waals surface area contributed by atoms with Crippen molar-refractivity contribution in [1.82, 2.24) is 0 Å². The third kappa shape index (κ3) is 54.0. The minimum Gasteiger partial charge on any atom is -0.462 e. The fourth-order valence-electron chi connectivity index (χ4n) is 8.87. The quantitative estimate of drug-likeness (QED) is 0.0222. The highest BCUT2D eigenvalue weighted by atomic mass is 31.2. The number of hydrogen-bond acceptors (Lipinski definition) is 15. The lowest BCUT2D eigenvalue weighted by atomic mass is 10.00. The number of carbonyl (C=O) groups excluding carboxylic acids is 4. The molecule has 0 saturated carbocycles. The second kappa shape index (κ2) is 51.5. The minimum absolute atomic E-state index is 0.100. The molecule has 80 heavy (non-hydrogen) atoms. The van der Waals surface area contributed by atoms with Crippen LogP contribution in [0.5, 0.6) is 0 Å². The van der Waals surface area contributed by atoms with E-state index in [1.807, 2.05) is 0 Å². The summed E-state index contributed by atoms with van der Waals surface area (Å²) in [5.74, 6) is 0.674. The zero-order valence-corrected chi connectivity index (χ0v) is 53.5. The molecule has 17 nitrogen and oxygen atoms in total. The van der Waals surface area contributed by atoms with Gasteiger partial charge in [0.2, 0.25) is 0 Å². The van der Waals surface area contributed by atoms with E-state index in [2.05, 4.69) is 55.4 Å². The van der Waals surface area contributed by atoms with Crippen molar-refractivity contribution >= 4 is 39.5 Å². The van der Waals surface area contributed by atoms with Gasteiger partial charge in [-0.25, -0.2) is 9.13 Å². The highest BCUT2D eigenvalue weighted by Gasteiger charge is 2.30. The molecule has 0 rings (SSSR count). The van der Waals surface area contributed by atoms with Crippen molar-refractivity contribution in [2.24, 2.45) is 23.7 Å². The van der Waals surface area contributed by atoms with Gasteiger partial charge in [0.1, 0.15) is 19.3 Å². The Morgan fingerprint density at radius 3 is 0.887 bits per heavy atom. The molecule has 0 aliphatic rings. The van der Waals surface area contributed by atoms with E-state index < -0.39 is 97.5 Å². The average molecular weight is 1190 g/mol. The normalized spacial score (nSPS) is 14.9. The van der Waals surface area contributed by atoms with E-state index in [4.69, 9.17) is 37.0 Å². The van der Waals surface area contributed by atoms with Gasteiger partial charge in [-0.3, -0.25) is 37.3 Å². The number of hydrogen-bond donors (Lipinski definition) is 3. The molecule has 0 aromatic heterocycles. The minimum atomic E-state index is -4.94. The highest BCUT2D eigenvalue weighted by Crippen LogP contribution is 2.45. The zero-order chi connectivity index (χ0) is 59.7. The molecule has 4 unspecified atom stereocenters. The van der Waals surface area contributed by atoms with E-state index in [9.17, 15) is 43.2 Å². The summed E-state index contributed by atoms with van der Waals surface area (Å²) in [6.45, 7) is 13.8. The Bertz CT molecular complexity index is 1610. The monoisotopic (exact) mass is 1180 g/mol. The Labute approximate surface area is 486 Å². The second-order valence-corrected chi connectivity index (χ2v) is 26.7. The van der Waals surface area contributed by atoms with E-state index in [0.29, 0.717) is 37.5 Å². The molecule has 474 valence electrons. The third-order valence-corrected chi connectivity index (χ3v) is 16.1. The molecule has 0 spiro atoms. The predicted octanol–water partition coefficient (Wildman–Crippen LogP) is 16.2. The molecule has 0 radical (unpaired) electrons. The Balaban J connectivity index is 5.25. The molecule has 0 bridgehead atoms. The first-order valence-corrected chi connectivity index (χ1v) is 34.7. The summed E-state index contributed by atoms with van der Waals surface area (Å²) >= 11 is 0. The summed E-state index contributed by atoms with van der Waals surface area (Å²) in [7, 11) is -9.88. The number of aliphatic hydroxyl groups is 1. The van der Waals surface area contributed by atoms with Gasteiger partial charge in [-0.2, -0.15) is 0 Å². The SMILES string of the molecule is CCC(C)CCCCCCCCC(=O)OC[C@H](COP(=O)(O)OCC(O)COP(=O)(O)OC[C@@H](COC(=O)CCCCCCCCCC(C)C)OC(=O)CCCCCCCCCCC(C)C)OC(=O)CCCCCCCCC(C)C. The molecule has 0 aliphatic heterocycles. The summed E-state index contributed by atoms with van der Waals surface area (Å²) in [5.41, 5.74) is 0. The van der Waals surface area contributed by atoms with Crippen LogP contribution in [-0.2, 0) is 65.4 Å². The number of phosphoric acid groups is 2. The van der Waals surface area contributed by atoms with E-state index >= 15 is 0 Å². The summed E-state index contributed by atoms with van der Waals surface area (Å²) in [6.07, 6.45) is 29.7. The van der Waals surface area contributed by atoms with Gasteiger partial charge in [0.15, 0.2) is 12.2 Å². The number of rotatable bonds is 58.